The van der Waals surface area contributed by atoms with Gasteiger partial charge in [-0.25, -0.2) is 18.1 Å². The van der Waals surface area contributed by atoms with Crippen molar-refractivity contribution in [1.29, 1.82) is 0 Å². The molecule has 6 heteroatoms. The third-order valence-electron chi connectivity index (χ3n) is 2.22. The zero-order valence-corrected chi connectivity index (χ0v) is 11.0. The molecular weight excluding hydrogens is 238 g/mol. The molecule has 0 aliphatic heterocycles. The van der Waals surface area contributed by atoms with Crippen LogP contribution in [0.2, 0.25) is 0 Å². The molecule has 0 bridgehead atoms. The number of aromatic nitrogens is 1. The number of hydrogen-bond donors (Lipinski definition) is 2. The van der Waals surface area contributed by atoms with E-state index in [0.717, 1.165) is 12.8 Å². The molecule has 1 aromatic heterocycles. The second-order valence-electron chi connectivity index (χ2n) is 3.64. The fraction of sp³-hybridized carbons (Fsp3) is 0.545. The van der Waals surface area contributed by atoms with Crippen LogP contribution in [0.1, 0.15) is 26.7 Å². The Morgan fingerprint density at radius 3 is 2.76 bits per heavy atom. The average Bonchev–Trinajstić information content (AvgIpc) is 2.30. The van der Waals surface area contributed by atoms with Crippen LogP contribution in [0.3, 0.4) is 0 Å². The highest BCUT2D eigenvalue weighted by Crippen LogP contribution is 2.17. The molecule has 17 heavy (non-hydrogen) atoms. The number of sulfonamides is 1. The Morgan fingerprint density at radius 2 is 2.12 bits per heavy atom. The number of anilines is 1. The van der Waals surface area contributed by atoms with Crippen LogP contribution in [0, 0.1) is 0 Å². The van der Waals surface area contributed by atoms with Crippen molar-refractivity contribution in [3.05, 3.63) is 18.3 Å². The first-order chi connectivity index (χ1) is 8.11. The van der Waals surface area contributed by atoms with Gasteiger partial charge >= 0.3 is 0 Å². The van der Waals surface area contributed by atoms with Gasteiger partial charge in [0.2, 0.25) is 0 Å². The number of nitrogens with one attached hydrogen (secondary N) is 2. The highest BCUT2D eigenvalue weighted by Gasteiger charge is 2.18. The molecule has 0 spiro atoms. The zero-order chi connectivity index (χ0) is 12.7. The van der Waals surface area contributed by atoms with Gasteiger partial charge in [-0.05, 0) is 25.5 Å². The van der Waals surface area contributed by atoms with E-state index in [1.54, 1.807) is 12.1 Å². The summed E-state index contributed by atoms with van der Waals surface area (Å²) in [6, 6.07) is 3.42. The molecule has 0 saturated heterocycles. The van der Waals surface area contributed by atoms with E-state index in [1.807, 2.05) is 13.8 Å². The molecule has 1 aromatic rings. The summed E-state index contributed by atoms with van der Waals surface area (Å²) in [7, 11) is -3.51. The van der Waals surface area contributed by atoms with Crippen LogP contribution in [0.15, 0.2) is 23.4 Å². The van der Waals surface area contributed by atoms with Crippen molar-refractivity contribution >= 4 is 15.7 Å². The summed E-state index contributed by atoms with van der Waals surface area (Å²) in [5, 5.41) is 3.06. The molecule has 0 aliphatic rings. The molecule has 96 valence electrons. The minimum absolute atomic E-state index is 0.0675. The molecule has 0 unspecified atom stereocenters. The van der Waals surface area contributed by atoms with Gasteiger partial charge in [0.15, 0.2) is 5.03 Å². The van der Waals surface area contributed by atoms with Crippen molar-refractivity contribution in [2.75, 3.05) is 18.4 Å². The van der Waals surface area contributed by atoms with E-state index in [1.165, 1.54) is 6.20 Å². The summed E-state index contributed by atoms with van der Waals surface area (Å²) in [6.45, 7) is 5.02. The van der Waals surface area contributed by atoms with Gasteiger partial charge in [-0.3, -0.25) is 0 Å². The molecule has 1 heterocycles. The van der Waals surface area contributed by atoms with Crippen molar-refractivity contribution in [3.8, 4) is 0 Å². The van der Waals surface area contributed by atoms with Crippen molar-refractivity contribution in [1.82, 2.24) is 9.71 Å². The maximum atomic E-state index is 12.0. The molecule has 0 amide bonds. The third-order valence-corrected chi connectivity index (χ3v) is 3.63. The van der Waals surface area contributed by atoms with E-state index in [2.05, 4.69) is 15.0 Å². The van der Waals surface area contributed by atoms with Gasteiger partial charge in [0.1, 0.15) is 0 Å². The Balaban J connectivity index is 2.89. The van der Waals surface area contributed by atoms with Crippen LogP contribution in [0.4, 0.5) is 5.69 Å². The standard InChI is InChI=1S/C11H19N3O2S/c1-3-5-9-14-17(15,16)11-10(12-4-2)7-6-8-13-11/h6-8,12,14H,3-5,9H2,1-2H3. The van der Waals surface area contributed by atoms with Gasteiger partial charge in [0, 0.05) is 19.3 Å². The highest BCUT2D eigenvalue weighted by molar-refractivity contribution is 7.89. The van der Waals surface area contributed by atoms with Crippen LogP contribution in [0.5, 0.6) is 0 Å². The van der Waals surface area contributed by atoms with Crippen molar-refractivity contribution < 1.29 is 8.42 Å². The molecule has 1 rings (SSSR count). The largest absolute Gasteiger partial charge is 0.383 e. The molecule has 0 atom stereocenters. The Bertz CT molecular complexity index is 446. The lowest BCUT2D eigenvalue weighted by Crippen LogP contribution is -2.26. The van der Waals surface area contributed by atoms with Gasteiger partial charge in [0.25, 0.3) is 10.0 Å². The van der Waals surface area contributed by atoms with Crippen LogP contribution in [0.25, 0.3) is 0 Å². The molecule has 0 radical (unpaired) electrons. The number of unbranched alkanes of at least 4 members (excludes halogenated alkanes) is 1. The lowest BCUT2D eigenvalue weighted by Gasteiger charge is -2.10. The van der Waals surface area contributed by atoms with Crippen molar-refractivity contribution in [2.45, 2.75) is 31.7 Å². The first kappa shape index (κ1) is 13.9. The number of rotatable bonds is 7. The maximum absolute atomic E-state index is 12.0. The molecule has 2 N–H and O–H groups in total. The molecule has 0 saturated carbocycles. The van der Waals surface area contributed by atoms with Crippen LogP contribution in [-0.2, 0) is 10.0 Å². The summed E-state index contributed by atoms with van der Waals surface area (Å²) in [6.07, 6.45) is 3.25. The monoisotopic (exact) mass is 257 g/mol. The fourth-order valence-electron chi connectivity index (χ4n) is 1.38. The summed E-state index contributed by atoms with van der Waals surface area (Å²) in [5.41, 5.74) is 0.541. The van der Waals surface area contributed by atoms with E-state index < -0.39 is 10.0 Å². The Morgan fingerprint density at radius 1 is 1.35 bits per heavy atom. The highest BCUT2D eigenvalue weighted by atomic mass is 32.2. The van der Waals surface area contributed by atoms with E-state index in [-0.39, 0.29) is 5.03 Å². The first-order valence-corrected chi connectivity index (χ1v) is 7.28. The third kappa shape index (κ3) is 3.98. The second-order valence-corrected chi connectivity index (χ2v) is 5.32. The Kier molecular flexibility index (Phi) is 5.37. The van der Waals surface area contributed by atoms with Gasteiger partial charge in [-0.15, -0.1) is 0 Å². The predicted molar refractivity (Wildman–Crippen MR) is 68.5 cm³/mol. The topological polar surface area (TPSA) is 71.1 Å². The van der Waals surface area contributed by atoms with E-state index in [0.29, 0.717) is 18.8 Å². The van der Waals surface area contributed by atoms with Gasteiger partial charge in [-0.2, -0.15) is 0 Å². The van der Waals surface area contributed by atoms with Crippen molar-refractivity contribution in [2.24, 2.45) is 0 Å². The SMILES string of the molecule is CCCCNS(=O)(=O)c1ncccc1NCC. The molecule has 0 aromatic carbocycles. The van der Waals surface area contributed by atoms with Crippen LogP contribution < -0.4 is 10.0 Å². The first-order valence-electron chi connectivity index (χ1n) is 5.80. The normalized spacial score (nSPS) is 11.4. The summed E-state index contributed by atoms with van der Waals surface area (Å²) < 4.78 is 26.5. The summed E-state index contributed by atoms with van der Waals surface area (Å²) in [4.78, 5) is 3.93. The van der Waals surface area contributed by atoms with Crippen LogP contribution >= 0.6 is 0 Å². The van der Waals surface area contributed by atoms with Gasteiger partial charge in [0.05, 0.1) is 5.69 Å². The van der Waals surface area contributed by atoms with Gasteiger partial charge in [-0.1, -0.05) is 13.3 Å². The minimum atomic E-state index is -3.51. The lowest BCUT2D eigenvalue weighted by molar-refractivity contribution is 0.575. The molecule has 0 fully saturated rings. The number of pyridine rings is 1. The van der Waals surface area contributed by atoms with E-state index >= 15 is 0 Å². The summed E-state index contributed by atoms with van der Waals surface area (Å²) in [5.74, 6) is 0. The quantitative estimate of drug-likeness (QED) is 0.728. The number of hydrogen-bond acceptors (Lipinski definition) is 4. The smallest absolute Gasteiger partial charge is 0.260 e. The molecular formula is C11H19N3O2S. The average molecular weight is 257 g/mol. The number of nitrogens with zero attached hydrogens (tertiary/aromatic N) is 1. The Labute approximate surface area is 103 Å². The maximum Gasteiger partial charge on any atom is 0.260 e. The second kappa shape index (κ2) is 6.56. The Hall–Kier alpha value is -1.14. The van der Waals surface area contributed by atoms with E-state index in [9.17, 15) is 8.42 Å². The minimum Gasteiger partial charge on any atom is -0.383 e. The fourth-order valence-corrected chi connectivity index (χ4v) is 2.56. The molecule has 0 aliphatic carbocycles. The van der Waals surface area contributed by atoms with Crippen molar-refractivity contribution in [3.63, 3.8) is 0 Å². The summed E-state index contributed by atoms with van der Waals surface area (Å²) >= 11 is 0. The van der Waals surface area contributed by atoms with Crippen LogP contribution in [-0.4, -0.2) is 26.5 Å². The predicted octanol–water partition coefficient (Wildman–Crippen LogP) is 1.59. The van der Waals surface area contributed by atoms with Gasteiger partial charge < -0.3 is 5.32 Å². The van der Waals surface area contributed by atoms with E-state index in [4.69, 9.17) is 0 Å². The zero-order valence-electron chi connectivity index (χ0n) is 10.2. The lowest BCUT2D eigenvalue weighted by atomic mass is 10.3. The molecule has 5 nitrogen and oxygen atoms in total.